The number of nitrogens with one attached hydrogen (secondary N) is 2. The van der Waals surface area contributed by atoms with Crippen LogP contribution in [0, 0.1) is 16.7 Å². The number of hydrogen-bond acceptors (Lipinski definition) is 13. The Hall–Kier alpha value is -4.83. The number of ether oxygens (including phenoxy) is 4. The Morgan fingerprint density at radius 1 is 0.769 bits per heavy atom. The van der Waals surface area contributed by atoms with Gasteiger partial charge in [-0.3, -0.25) is 19.6 Å². The van der Waals surface area contributed by atoms with Gasteiger partial charge in [0.05, 0.1) is 25.7 Å². The van der Waals surface area contributed by atoms with E-state index in [2.05, 4.69) is 25.5 Å². The number of Topliss-reactive ketones (excluding diaryl/α,β-unsaturated/α-hetero) is 1. The van der Waals surface area contributed by atoms with E-state index in [0.717, 1.165) is 115 Å². The molecule has 6 aliphatic heterocycles. The lowest BCUT2D eigenvalue weighted by Gasteiger charge is -2.52. The van der Waals surface area contributed by atoms with E-state index < -0.39 is 5.60 Å². The summed E-state index contributed by atoms with van der Waals surface area (Å²) >= 11 is 0. The monoisotopic (exact) mass is 903 g/mol. The average Bonchev–Trinajstić information content (AvgIpc) is 4.07. The van der Waals surface area contributed by atoms with Crippen molar-refractivity contribution in [3.8, 4) is 0 Å². The first-order valence-electron chi connectivity index (χ1n) is 24.7. The molecule has 2 unspecified atom stereocenters. The molecule has 2 N–H and O–H groups in total. The first kappa shape index (κ1) is 46.7. The smallest absolute Gasteiger partial charge is 0.409 e. The van der Waals surface area contributed by atoms with E-state index in [1.807, 2.05) is 54.4 Å². The summed E-state index contributed by atoms with van der Waals surface area (Å²) in [6.07, 6.45) is 14.2. The van der Waals surface area contributed by atoms with E-state index >= 15 is 0 Å². The third kappa shape index (κ3) is 11.2. The fourth-order valence-corrected chi connectivity index (χ4v) is 11.6. The maximum atomic E-state index is 12.1. The van der Waals surface area contributed by atoms with Crippen LogP contribution in [0.15, 0.2) is 48.8 Å². The van der Waals surface area contributed by atoms with Crippen LogP contribution in [0.3, 0.4) is 0 Å². The number of hydrogen-bond donors (Lipinski definition) is 2. The van der Waals surface area contributed by atoms with Crippen LogP contribution < -0.4 is 10.6 Å². The van der Waals surface area contributed by atoms with E-state index in [1.54, 1.807) is 24.9 Å². The minimum atomic E-state index is -0.430. The Kier molecular flexibility index (Phi) is 15.2. The zero-order valence-corrected chi connectivity index (χ0v) is 38.7. The molecule has 65 heavy (non-hydrogen) atoms. The first-order valence-corrected chi connectivity index (χ1v) is 24.0. The molecule has 356 valence electrons. The molecule has 2 aromatic rings. The lowest BCUT2D eigenvalue weighted by atomic mass is 9.64. The molecule has 8 heterocycles. The molecular formula is C49H71N7O9. The number of piperidine rings is 2. The fraction of sp³-hybridized carbons (Fsp3) is 0.694. The van der Waals surface area contributed by atoms with E-state index in [-0.39, 0.29) is 52.6 Å². The van der Waals surface area contributed by atoms with Gasteiger partial charge in [-0.15, -0.1) is 0 Å². The molecular weight excluding hydrogens is 831 g/mol. The quantitative estimate of drug-likeness (QED) is 0.240. The minimum absolute atomic E-state index is 0.0299. The number of pyridine rings is 2. The van der Waals surface area contributed by atoms with Crippen molar-refractivity contribution in [2.24, 2.45) is 16.7 Å². The van der Waals surface area contributed by atoms with E-state index in [1.165, 1.54) is 0 Å². The lowest BCUT2D eigenvalue weighted by Crippen LogP contribution is -2.59. The molecule has 3 amide bonds. The number of amides is 3. The number of nitrogens with zero attached hydrogens (tertiary/aromatic N) is 5. The highest BCUT2D eigenvalue weighted by atomic mass is 16.6. The standard InChI is InChI=1S/C23H32N4O4.C14H18N2O2.C10H15NO3.C2H6/c1-2-30-21(29)27-10-6-22(16-27)14-18(15-22)26-11-7-23(8-12-26)19(25-20(28)31-23)13-17-5-3-4-9-24-17;17-13-10-11(9-12-3-1-2-6-16-12)14(18-13)4-7-15-8-5-14;1-2-14-9(13)11-4-3-10(7-11)5-8(12)6-10;1-2/h3-5,9,18-19H,2,6-8,10-16H2,1H3,(H,25,28);1-3,6,11,15H,4-5,7-10H2;2-7H2,1H3;1-2H3/i;;;1D. The van der Waals surface area contributed by atoms with Crippen molar-refractivity contribution < 1.29 is 44.3 Å². The van der Waals surface area contributed by atoms with E-state index in [0.29, 0.717) is 64.2 Å². The van der Waals surface area contributed by atoms with Gasteiger partial charge < -0.3 is 44.3 Å². The molecule has 2 saturated carbocycles. The molecule has 8 aliphatic rings. The van der Waals surface area contributed by atoms with Crippen LogP contribution >= 0.6 is 0 Å². The second-order valence-corrected chi connectivity index (χ2v) is 19.1. The molecule has 16 nitrogen and oxygen atoms in total. The number of aromatic nitrogens is 2. The summed E-state index contributed by atoms with van der Waals surface area (Å²) in [5, 5.41) is 6.36. The van der Waals surface area contributed by atoms with Gasteiger partial charge in [-0.05, 0) is 88.7 Å². The summed E-state index contributed by atoms with van der Waals surface area (Å²) < 4.78 is 27.8. The van der Waals surface area contributed by atoms with Gasteiger partial charge in [0, 0.05) is 127 Å². The Morgan fingerprint density at radius 3 is 1.89 bits per heavy atom. The molecule has 2 aliphatic carbocycles. The van der Waals surface area contributed by atoms with Gasteiger partial charge in [-0.1, -0.05) is 26.0 Å². The Labute approximate surface area is 385 Å². The van der Waals surface area contributed by atoms with Crippen molar-refractivity contribution in [3.05, 3.63) is 60.2 Å². The largest absolute Gasteiger partial charge is 0.459 e. The zero-order chi connectivity index (χ0) is 46.8. The number of esters is 1. The summed E-state index contributed by atoms with van der Waals surface area (Å²) in [5.74, 6) is 0.565. The summed E-state index contributed by atoms with van der Waals surface area (Å²) in [7, 11) is 0. The molecule has 4 spiro atoms. The molecule has 0 radical (unpaired) electrons. The molecule has 2 atom stereocenters. The molecule has 6 saturated heterocycles. The molecule has 0 bridgehead atoms. The van der Waals surface area contributed by atoms with Crippen LogP contribution in [0.4, 0.5) is 14.4 Å². The molecule has 10 rings (SSSR count). The van der Waals surface area contributed by atoms with Crippen LogP contribution in [-0.4, -0.2) is 144 Å². The van der Waals surface area contributed by atoms with Gasteiger partial charge in [0.2, 0.25) is 0 Å². The number of ketones is 1. The Morgan fingerprint density at radius 2 is 1.34 bits per heavy atom. The number of likely N-dealkylation sites (tertiary alicyclic amines) is 3. The fourth-order valence-electron chi connectivity index (χ4n) is 11.6. The number of alkyl carbamates (subject to hydrolysis) is 1. The minimum Gasteiger partial charge on any atom is -0.459 e. The van der Waals surface area contributed by atoms with Gasteiger partial charge in [0.25, 0.3) is 0 Å². The first-order chi connectivity index (χ1) is 31.9. The summed E-state index contributed by atoms with van der Waals surface area (Å²) in [6.45, 7) is 13.6. The van der Waals surface area contributed by atoms with Crippen LogP contribution in [-0.2, 0) is 41.4 Å². The summed E-state index contributed by atoms with van der Waals surface area (Å²) in [5.41, 5.74) is 1.76. The Bertz CT molecular complexity index is 1950. The molecule has 2 aromatic heterocycles. The molecule has 8 fully saturated rings. The number of rotatable bonds is 7. The summed E-state index contributed by atoms with van der Waals surface area (Å²) in [6, 6.07) is 12.4. The zero-order valence-electron chi connectivity index (χ0n) is 39.7. The van der Waals surface area contributed by atoms with Crippen LogP contribution in [0.2, 0.25) is 0 Å². The predicted molar refractivity (Wildman–Crippen MR) is 242 cm³/mol. The Balaban J connectivity index is 0.000000156. The van der Waals surface area contributed by atoms with Crippen LogP contribution in [0.25, 0.3) is 0 Å². The highest BCUT2D eigenvalue weighted by Gasteiger charge is 2.56. The predicted octanol–water partition coefficient (Wildman–Crippen LogP) is 6.11. The lowest BCUT2D eigenvalue weighted by molar-refractivity contribution is -0.151. The number of carbonyl (C=O) groups excluding carboxylic acids is 5. The van der Waals surface area contributed by atoms with Crippen molar-refractivity contribution >= 4 is 30.0 Å². The molecule has 16 heteroatoms. The van der Waals surface area contributed by atoms with Gasteiger partial charge in [0.15, 0.2) is 0 Å². The second kappa shape index (κ2) is 21.2. The van der Waals surface area contributed by atoms with Gasteiger partial charge in [0.1, 0.15) is 17.0 Å². The second-order valence-electron chi connectivity index (χ2n) is 19.1. The van der Waals surface area contributed by atoms with Crippen molar-refractivity contribution in [3.63, 3.8) is 0 Å². The van der Waals surface area contributed by atoms with Crippen molar-refractivity contribution in [2.75, 3.05) is 65.6 Å². The summed E-state index contributed by atoms with van der Waals surface area (Å²) in [4.78, 5) is 73.0. The highest BCUT2D eigenvalue weighted by Crippen LogP contribution is 2.51. The normalized spacial score (nSPS) is 28.0. The van der Waals surface area contributed by atoms with Crippen molar-refractivity contribution in [1.82, 2.24) is 35.3 Å². The topological polar surface area (TPSA) is 182 Å². The average molecular weight is 903 g/mol. The van der Waals surface area contributed by atoms with Crippen molar-refractivity contribution in [2.45, 2.75) is 134 Å². The third-order valence-electron chi connectivity index (χ3n) is 15.0. The van der Waals surface area contributed by atoms with Crippen LogP contribution in [0.5, 0.6) is 0 Å². The van der Waals surface area contributed by atoms with Crippen molar-refractivity contribution in [1.29, 1.82) is 0 Å². The van der Waals surface area contributed by atoms with E-state index in [4.69, 9.17) is 20.3 Å². The molecule has 0 aromatic carbocycles. The van der Waals surface area contributed by atoms with E-state index in [9.17, 15) is 24.0 Å². The maximum absolute atomic E-state index is 12.1. The third-order valence-corrected chi connectivity index (χ3v) is 15.0. The number of carbonyl (C=O) groups is 5. The van der Waals surface area contributed by atoms with Gasteiger partial charge >= 0.3 is 24.2 Å². The maximum Gasteiger partial charge on any atom is 0.409 e. The van der Waals surface area contributed by atoms with Gasteiger partial charge in [-0.25, -0.2) is 14.4 Å². The highest BCUT2D eigenvalue weighted by molar-refractivity contribution is 5.86. The van der Waals surface area contributed by atoms with Gasteiger partial charge in [-0.2, -0.15) is 0 Å². The van der Waals surface area contributed by atoms with Crippen LogP contribution in [0.1, 0.15) is 111 Å². The SMILES string of the molecule is CCOC(=O)N1CCC2(CC(=O)C2)C1.CCOC(=O)N1CCC2(CC(N3CCC4(CC3)OC(=O)NC4Cc3ccccn3)C2)C1.O=C1CC(Cc2ccccn2)C2(CCNCC2)O1.[2H]CC.